The molecular formula is C25H28N2O. The molecule has 0 radical (unpaired) electrons. The van der Waals surface area contributed by atoms with Crippen LogP contribution in [0, 0.1) is 6.92 Å². The molecule has 0 aliphatic heterocycles. The highest BCUT2D eigenvalue weighted by atomic mass is 16.2. The Morgan fingerprint density at radius 2 is 1.79 bits per heavy atom. The van der Waals surface area contributed by atoms with Crippen molar-refractivity contribution in [3.8, 4) is 0 Å². The lowest BCUT2D eigenvalue weighted by Gasteiger charge is -2.22. The van der Waals surface area contributed by atoms with Gasteiger partial charge >= 0.3 is 0 Å². The van der Waals surface area contributed by atoms with Crippen molar-refractivity contribution >= 4 is 5.91 Å². The van der Waals surface area contributed by atoms with Gasteiger partial charge in [-0.2, -0.15) is 0 Å². The molecule has 0 aliphatic rings. The fourth-order valence-electron chi connectivity index (χ4n) is 3.38. The average Bonchev–Trinajstić information content (AvgIpc) is 3.15. The van der Waals surface area contributed by atoms with Gasteiger partial charge in [-0.25, -0.2) is 0 Å². The number of rotatable bonds is 9. The zero-order valence-corrected chi connectivity index (χ0v) is 16.6. The van der Waals surface area contributed by atoms with E-state index in [0.29, 0.717) is 19.5 Å². The summed E-state index contributed by atoms with van der Waals surface area (Å²) in [6.07, 6.45) is 5.16. The van der Waals surface area contributed by atoms with E-state index in [1.54, 1.807) is 6.08 Å². The van der Waals surface area contributed by atoms with E-state index in [1.165, 1.54) is 16.7 Å². The molecule has 28 heavy (non-hydrogen) atoms. The van der Waals surface area contributed by atoms with E-state index in [1.807, 2.05) is 29.2 Å². The Morgan fingerprint density at radius 1 is 1.04 bits per heavy atom. The SMILES string of the molecule is C=CCN(Cc1cccn1Cc1ccccc1C)C(=O)CCc1ccccc1. The Morgan fingerprint density at radius 3 is 2.54 bits per heavy atom. The molecule has 0 saturated carbocycles. The van der Waals surface area contributed by atoms with Crippen LogP contribution in [0.25, 0.3) is 0 Å². The van der Waals surface area contributed by atoms with E-state index in [4.69, 9.17) is 0 Å². The topological polar surface area (TPSA) is 25.2 Å². The average molecular weight is 373 g/mol. The second kappa shape index (κ2) is 9.75. The predicted molar refractivity (Wildman–Crippen MR) is 115 cm³/mol. The van der Waals surface area contributed by atoms with Crippen molar-refractivity contribution in [3.05, 3.63) is 108 Å². The molecule has 0 saturated heterocycles. The van der Waals surface area contributed by atoms with Crippen LogP contribution in [0.15, 0.2) is 85.6 Å². The van der Waals surface area contributed by atoms with Crippen LogP contribution in [-0.2, 0) is 24.3 Å². The van der Waals surface area contributed by atoms with Crippen molar-refractivity contribution in [1.29, 1.82) is 0 Å². The standard InChI is InChI=1S/C25H28N2O/c1-3-17-27(25(28)16-15-22-11-5-4-6-12-22)20-24-14-9-18-26(24)19-23-13-8-7-10-21(23)2/h3-14,18H,1,15-17,19-20H2,2H3. The number of nitrogens with zero attached hydrogens (tertiary/aromatic N) is 2. The van der Waals surface area contributed by atoms with Gasteiger partial charge in [0.25, 0.3) is 0 Å². The molecule has 1 aromatic heterocycles. The van der Waals surface area contributed by atoms with Crippen molar-refractivity contribution in [2.75, 3.05) is 6.54 Å². The summed E-state index contributed by atoms with van der Waals surface area (Å²) in [5.74, 6) is 0.160. The van der Waals surface area contributed by atoms with Crippen LogP contribution in [0.2, 0.25) is 0 Å². The summed E-state index contributed by atoms with van der Waals surface area (Å²) in [4.78, 5) is 14.7. The molecule has 2 aromatic carbocycles. The molecule has 0 fully saturated rings. The number of carbonyl (C=O) groups excluding carboxylic acids is 1. The van der Waals surface area contributed by atoms with Crippen molar-refractivity contribution in [1.82, 2.24) is 9.47 Å². The number of hydrogen-bond acceptors (Lipinski definition) is 1. The van der Waals surface area contributed by atoms with Gasteiger partial charge in [-0.3, -0.25) is 4.79 Å². The van der Waals surface area contributed by atoms with Crippen LogP contribution in [0.4, 0.5) is 0 Å². The summed E-state index contributed by atoms with van der Waals surface area (Å²) in [6.45, 7) is 7.94. The third-order valence-electron chi connectivity index (χ3n) is 5.05. The van der Waals surface area contributed by atoms with Gasteiger partial charge in [0, 0.05) is 31.4 Å². The van der Waals surface area contributed by atoms with Gasteiger partial charge in [-0.15, -0.1) is 6.58 Å². The van der Waals surface area contributed by atoms with E-state index in [0.717, 1.165) is 18.7 Å². The normalized spacial score (nSPS) is 10.6. The minimum atomic E-state index is 0.160. The second-order valence-corrected chi connectivity index (χ2v) is 7.10. The Hall–Kier alpha value is -3.07. The molecule has 0 bridgehead atoms. The Balaban J connectivity index is 1.67. The maximum Gasteiger partial charge on any atom is 0.223 e. The molecule has 3 heteroatoms. The summed E-state index contributed by atoms with van der Waals surface area (Å²) in [7, 11) is 0. The number of carbonyl (C=O) groups is 1. The van der Waals surface area contributed by atoms with Crippen molar-refractivity contribution in [2.24, 2.45) is 0 Å². The number of hydrogen-bond donors (Lipinski definition) is 0. The van der Waals surface area contributed by atoms with Crippen molar-refractivity contribution in [2.45, 2.75) is 32.9 Å². The number of aryl methyl sites for hydroxylation is 2. The van der Waals surface area contributed by atoms with Crippen LogP contribution < -0.4 is 0 Å². The lowest BCUT2D eigenvalue weighted by molar-refractivity contribution is -0.131. The molecule has 3 aromatic rings. The van der Waals surface area contributed by atoms with Crippen LogP contribution >= 0.6 is 0 Å². The third kappa shape index (κ3) is 5.23. The quantitative estimate of drug-likeness (QED) is 0.486. The Bertz CT molecular complexity index is 911. The van der Waals surface area contributed by atoms with E-state index in [2.05, 4.69) is 66.7 Å². The largest absolute Gasteiger partial charge is 0.345 e. The Kier molecular flexibility index (Phi) is 6.85. The zero-order chi connectivity index (χ0) is 19.8. The molecule has 0 unspecified atom stereocenters. The first kappa shape index (κ1) is 19.7. The Labute approximate surface area is 167 Å². The first-order valence-corrected chi connectivity index (χ1v) is 9.78. The molecule has 1 heterocycles. The molecule has 144 valence electrons. The summed E-state index contributed by atoms with van der Waals surface area (Å²) >= 11 is 0. The van der Waals surface area contributed by atoms with E-state index < -0.39 is 0 Å². The van der Waals surface area contributed by atoms with Gasteiger partial charge in [0.15, 0.2) is 0 Å². The van der Waals surface area contributed by atoms with Crippen LogP contribution in [0.3, 0.4) is 0 Å². The molecule has 0 spiro atoms. The van der Waals surface area contributed by atoms with Crippen molar-refractivity contribution in [3.63, 3.8) is 0 Å². The minimum absolute atomic E-state index is 0.160. The van der Waals surface area contributed by atoms with Gasteiger partial charge in [0.1, 0.15) is 0 Å². The third-order valence-corrected chi connectivity index (χ3v) is 5.05. The number of aromatic nitrogens is 1. The monoisotopic (exact) mass is 372 g/mol. The lowest BCUT2D eigenvalue weighted by Crippen LogP contribution is -2.31. The van der Waals surface area contributed by atoms with Gasteiger partial charge in [-0.1, -0.05) is 60.7 Å². The molecule has 0 aliphatic carbocycles. The maximum atomic E-state index is 12.8. The first-order valence-electron chi connectivity index (χ1n) is 9.78. The van der Waals surface area contributed by atoms with E-state index >= 15 is 0 Å². The minimum Gasteiger partial charge on any atom is -0.345 e. The van der Waals surface area contributed by atoms with Crippen LogP contribution in [0.1, 0.15) is 28.8 Å². The fraction of sp³-hybridized carbons (Fsp3) is 0.240. The summed E-state index contributed by atoms with van der Waals surface area (Å²) in [5.41, 5.74) is 4.91. The highest BCUT2D eigenvalue weighted by Crippen LogP contribution is 2.14. The molecule has 3 rings (SSSR count). The highest BCUT2D eigenvalue weighted by molar-refractivity contribution is 5.76. The highest BCUT2D eigenvalue weighted by Gasteiger charge is 2.15. The van der Waals surface area contributed by atoms with E-state index in [9.17, 15) is 4.79 Å². The predicted octanol–water partition coefficient (Wildman–Crippen LogP) is 4.99. The van der Waals surface area contributed by atoms with Crippen LogP contribution in [-0.4, -0.2) is 21.9 Å². The molecule has 1 amide bonds. The number of benzene rings is 2. The van der Waals surface area contributed by atoms with Crippen LogP contribution in [0.5, 0.6) is 0 Å². The molecule has 3 nitrogen and oxygen atoms in total. The van der Waals surface area contributed by atoms with Gasteiger partial charge in [0.05, 0.1) is 6.54 Å². The fourth-order valence-corrected chi connectivity index (χ4v) is 3.38. The second-order valence-electron chi connectivity index (χ2n) is 7.10. The smallest absolute Gasteiger partial charge is 0.223 e. The summed E-state index contributed by atoms with van der Waals surface area (Å²) < 4.78 is 2.23. The van der Waals surface area contributed by atoms with Gasteiger partial charge in [0.2, 0.25) is 5.91 Å². The zero-order valence-electron chi connectivity index (χ0n) is 16.6. The molecule has 0 atom stereocenters. The number of amides is 1. The molecular weight excluding hydrogens is 344 g/mol. The summed E-state index contributed by atoms with van der Waals surface area (Å²) in [5, 5.41) is 0. The summed E-state index contributed by atoms with van der Waals surface area (Å²) in [6, 6.07) is 22.7. The molecule has 0 N–H and O–H groups in total. The lowest BCUT2D eigenvalue weighted by atomic mass is 10.1. The van der Waals surface area contributed by atoms with Crippen molar-refractivity contribution < 1.29 is 4.79 Å². The van der Waals surface area contributed by atoms with E-state index in [-0.39, 0.29) is 5.91 Å². The van der Waals surface area contributed by atoms with Gasteiger partial charge < -0.3 is 9.47 Å². The maximum absolute atomic E-state index is 12.8. The first-order chi connectivity index (χ1) is 13.7. The van der Waals surface area contributed by atoms with Gasteiger partial charge in [-0.05, 0) is 42.2 Å².